The molecule has 10 nitrogen and oxygen atoms in total. The lowest BCUT2D eigenvalue weighted by Crippen LogP contribution is -2.26. The Bertz CT molecular complexity index is 1400. The molecule has 2 aromatic heterocycles. The maximum Gasteiger partial charge on any atom is 0.356 e. The maximum absolute atomic E-state index is 12.7. The molecule has 0 atom stereocenters. The molecule has 0 spiro atoms. The lowest BCUT2D eigenvalue weighted by Gasteiger charge is -2.25. The van der Waals surface area contributed by atoms with E-state index in [9.17, 15) is 15.0 Å². The number of phenols is 2. The molecule has 2 aromatic carbocycles. The highest BCUT2D eigenvalue weighted by atomic mass is 16.3. The largest absolute Gasteiger partial charge is 0.506 e. The van der Waals surface area contributed by atoms with Crippen LogP contribution in [0, 0.1) is 0 Å². The van der Waals surface area contributed by atoms with Crippen LogP contribution in [0.4, 0.5) is 17.5 Å². The Morgan fingerprint density at radius 2 is 1.88 bits per heavy atom. The summed E-state index contributed by atoms with van der Waals surface area (Å²) in [7, 11) is 2.10. The Hall–Kier alpha value is -4.18. The highest BCUT2D eigenvalue weighted by Crippen LogP contribution is 2.32. The van der Waals surface area contributed by atoms with Gasteiger partial charge in [0.25, 0.3) is 0 Å². The number of para-hydroxylation sites is 1. The van der Waals surface area contributed by atoms with Gasteiger partial charge in [0.15, 0.2) is 5.65 Å². The number of aromatic hydroxyl groups is 2. The van der Waals surface area contributed by atoms with Gasteiger partial charge >= 0.3 is 5.69 Å². The summed E-state index contributed by atoms with van der Waals surface area (Å²) in [4.78, 5) is 27.6. The van der Waals surface area contributed by atoms with Gasteiger partial charge in [0.2, 0.25) is 5.95 Å². The molecule has 5 N–H and O–H groups in total. The minimum Gasteiger partial charge on any atom is -0.506 e. The summed E-state index contributed by atoms with van der Waals surface area (Å²) in [5.74, 6) is -0.378. The van der Waals surface area contributed by atoms with Crippen molar-refractivity contribution in [3.8, 4) is 17.2 Å². The molecule has 5 rings (SSSR count). The number of nitrogens with two attached hydrogens (primary N) is 1. The second-order valence-corrected chi connectivity index (χ2v) is 7.79. The molecule has 0 aliphatic carbocycles. The first-order chi connectivity index (χ1) is 15.4. The van der Waals surface area contributed by atoms with E-state index < -0.39 is 5.69 Å². The Kier molecular flexibility index (Phi) is 4.63. The molecular weight excluding hydrogens is 410 g/mol. The van der Waals surface area contributed by atoms with Crippen LogP contribution in [0.2, 0.25) is 0 Å². The summed E-state index contributed by atoms with van der Waals surface area (Å²) in [6.07, 6.45) is 2.42. The molecule has 0 saturated heterocycles. The maximum atomic E-state index is 12.7. The van der Waals surface area contributed by atoms with Crippen LogP contribution in [-0.4, -0.2) is 48.2 Å². The standard InChI is InChI=1S/C22H21N7O3/c1-28-8-7-12-9-14(6-5-13(12)11-28)25-21-24-10-15-19(23)29(22(32)27-20(15)26-21)18-16(30)3-2-4-17(18)31/h2-6,9-10,30-31H,7-8,11,23H2,1H3,(H,25,26,27,32). The molecule has 162 valence electrons. The number of hydrogen-bond acceptors (Lipinski definition) is 9. The fraction of sp³-hybridized carbons (Fsp3) is 0.182. The number of rotatable bonds is 3. The summed E-state index contributed by atoms with van der Waals surface area (Å²) in [5.41, 5.74) is 8.77. The van der Waals surface area contributed by atoms with E-state index in [1.807, 2.05) is 6.07 Å². The molecule has 0 unspecified atom stereocenters. The van der Waals surface area contributed by atoms with Crippen molar-refractivity contribution in [3.05, 3.63) is 64.2 Å². The minimum absolute atomic E-state index is 0.0405. The first kappa shape index (κ1) is 19.8. The van der Waals surface area contributed by atoms with E-state index >= 15 is 0 Å². The Morgan fingerprint density at radius 1 is 1.09 bits per heavy atom. The molecule has 0 saturated carbocycles. The van der Waals surface area contributed by atoms with Crippen LogP contribution < -0.4 is 16.7 Å². The van der Waals surface area contributed by atoms with E-state index in [0.717, 1.165) is 29.8 Å². The van der Waals surface area contributed by atoms with Gasteiger partial charge in [-0.2, -0.15) is 9.97 Å². The third-order valence-electron chi connectivity index (χ3n) is 5.56. The molecule has 0 fully saturated rings. The number of likely N-dealkylation sites (N-methyl/N-ethyl adjacent to an activating group) is 1. The smallest absolute Gasteiger partial charge is 0.356 e. The monoisotopic (exact) mass is 431 g/mol. The van der Waals surface area contributed by atoms with E-state index in [1.165, 1.54) is 35.5 Å². The molecule has 1 aliphatic rings. The van der Waals surface area contributed by atoms with Crippen LogP contribution in [0.1, 0.15) is 11.1 Å². The van der Waals surface area contributed by atoms with Crippen molar-refractivity contribution < 1.29 is 10.2 Å². The number of hydrogen-bond donors (Lipinski definition) is 4. The number of anilines is 3. The van der Waals surface area contributed by atoms with Gasteiger partial charge in [0.1, 0.15) is 23.0 Å². The summed E-state index contributed by atoms with van der Waals surface area (Å²) in [6, 6.07) is 10.3. The highest BCUT2D eigenvalue weighted by Gasteiger charge is 2.18. The third kappa shape index (κ3) is 3.36. The molecule has 0 bridgehead atoms. The SMILES string of the molecule is CN1CCc2cc(Nc3ncc4c(N)n(-c5c(O)cccc5O)c(=O)nc4n3)ccc2C1. The molecule has 0 amide bonds. The van der Waals surface area contributed by atoms with Gasteiger partial charge in [-0.05, 0) is 48.9 Å². The van der Waals surface area contributed by atoms with E-state index in [1.54, 1.807) is 0 Å². The summed E-state index contributed by atoms with van der Waals surface area (Å²) < 4.78 is 0.934. The van der Waals surface area contributed by atoms with Crippen molar-refractivity contribution in [2.45, 2.75) is 13.0 Å². The predicted octanol–water partition coefficient (Wildman–Crippen LogP) is 1.90. The van der Waals surface area contributed by atoms with E-state index in [2.05, 4.69) is 44.3 Å². The van der Waals surface area contributed by atoms with Crippen molar-refractivity contribution in [2.75, 3.05) is 24.6 Å². The van der Waals surface area contributed by atoms with Gasteiger partial charge in [-0.3, -0.25) is 0 Å². The van der Waals surface area contributed by atoms with Crippen LogP contribution in [0.25, 0.3) is 16.7 Å². The van der Waals surface area contributed by atoms with E-state index in [4.69, 9.17) is 5.73 Å². The number of nitrogen functional groups attached to an aromatic ring is 1. The first-order valence-corrected chi connectivity index (χ1v) is 10.0. The number of nitrogens with zero attached hydrogens (tertiary/aromatic N) is 5. The zero-order chi connectivity index (χ0) is 22.4. The van der Waals surface area contributed by atoms with Crippen LogP contribution in [0.15, 0.2) is 47.4 Å². The van der Waals surface area contributed by atoms with Crippen LogP contribution in [0.5, 0.6) is 11.5 Å². The van der Waals surface area contributed by atoms with Gasteiger partial charge in [0.05, 0.1) is 5.39 Å². The highest BCUT2D eigenvalue weighted by molar-refractivity contribution is 5.86. The lowest BCUT2D eigenvalue weighted by atomic mass is 9.99. The number of aromatic nitrogens is 4. The summed E-state index contributed by atoms with van der Waals surface area (Å²) in [5, 5.41) is 23.7. The molecule has 3 heterocycles. The van der Waals surface area contributed by atoms with E-state index in [-0.39, 0.29) is 34.6 Å². The normalized spacial score (nSPS) is 13.8. The minimum atomic E-state index is -0.783. The van der Waals surface area contributed by atoms with E-state index in [0.29, 0.717) is 5.39 Å². The average Bonchev–Trinajstić information content (AvgIpc) is 2.75. The summed E-state index contributed by atoms with van der Waals surface area (Å²) >= 11 is 0. The Balaban J connectivity index is 1.52. The van der Waals surface area contributed by atoms with Gasteiger partial charge in [-0.15, -0.1) is 0 Å². The van der Waals surface area contributed by atoms with Crippen molar-refractivity contribution in [1.29, 1.82) is 0 Å². The van der Waals surface area contributed by atoms with Crippen molar-refractivity contribution in [1.82, 2.24) is 24.4 Å². The topological polar surface area (TPSA) is 142 Å². The Labute approximate surface area is 182 Å². The molecular formula is C22H21N7O3. The molecule has 32 heavy (non-hydrogen) atoms. The number of phenolic OH excluding ortho intramolecular Hbond substituents is 2. The van der Waals surface area contributed by atoms with Crippen molar-refractivity contribution in [3.63, 3.8) is 0 Å². The lowest BCUT2D eigenvalue weighted by molar-refractivity contribution is 0.313. The fourth-order valence-electron chi connectivity index (χ4n) is 3.93. The molecule has 10 heteroatoms. The zero-order valence-electron chi connectivity index (χ0n) is 17.3. The van der Waals surface area contributed by atoms with Crippen molar-refractivity contribution >= 4 is 28.5 Å². The summed E-state index contributed by atoms with van der Waals surface area (Å²) in [6.45, 7) is 1.93. The molecule has 0 radical (unpaired) electrons. The number of fused-ring (bicyclic) bond motifs is 2. The van der Waals surface area contributed by atoms with Crippen LogP contribution >= 0.6 is 0 Å². The predicted molar refractivity (Wildman–Crippen MR) is 120 cm³/mol. The number of benzene rings is 2. The zero-order valence-corrected chi connectivity index (χ0v) is 17.3. The van der Waals surface area contributed by atoms with Gasteiger partial charge < -0.3 is 26.2 Å². The van der Waals surface area contributed by atoms with Gasteiger partial charge in [-0.1, -0.05) is 12.1 Å². The van der Waals surface area contributed by atoms with Crippen LogP contribution in [0.3, 0.4) is 0 Å². The molecule has 4 aromatic rings. The van der Waals surface area contributed by atoms with Gasteiger partial charge in [0, 0.05) is 25.0 Å². The average molecular weight is 431 g/mol. The molecule has 1 aliphatic heterocycles. The number of nitrogens with one attached hydrogen (secondary N) is 1. The fourth-order valence-corrected chi connectivity index (χ4v) is 3.93. The Morgan fingerprint density at radius 3 is 2.66 bits per heavy atom. The first-order valence-electron chi connectivity index (χ1n) is 10.0. The second-order valence-electron chi connectivity index (χ2n) is 7.79. The van der Waals surface area contributed by atoms with Crippen LogP contribution in [-0.2, 0) is 13.0 Å². The van der Waals surface area contributed by atoms with Crippen molar-refractivity contribution in [2.24, 2.45) is 0 Å². The van der Waals surface area contributed by atoms with Gasteiger partial charge in [-0.25, -0.2) is 14.3 Å². The third-order valence-corrected chi connectivity index (χ3v) is 5.56. The quantitative estimate of drug-likeness (QED) is 0.382. The second kappa shape index (κ2) is 7.50.